The summed E-state index contributed by atoms with van der Waals surface area (Å²) in [6.45, 7) is 0. The third-order valence-corrected chi connectivity index (χ3v) is 24.7. The molecule has 0 amide bonds. The number of allylic oxidation sites excluding steroid dienone is 6. The zero-order valence-corrected chi connectivity index (χ0v) is 63.2. The number of anilines is 3. The van der Waals surface area contributed by atoms with E-state index < -0.39 is 0 Å². The number of aromatic nitrogens is 2. The van der Waals surface area contributed by atoms with Crippen molar-refractivity contribution in [2.24, 2.45) is 0 Å². The van der Waals surface area contributed by atoms with Crippen LogP contribution in [-0.4, -0.2) is 9.97 Å². The van der Waals surface area contributed by atoms with Gasteiger partial charge in [-0.1, -0.05) is 346 Å². The zero-order chi connectivity index (χ0) is 75.6. The van der Waals surface area contributed by atoms with Crippen LogP contribution in [0, 0.1) is 0 Å². The molecule has 4 nitrogen and oxygen atoms in total. The number of hydrogen-bond donors (Lipinski definition) is 0. The first-order valence-electron chi connectivity index (χ1n) is 39.4. The SMILES string of the molecule is c1ccc(N(c2ccccc2)c2ccc(C3=C4C(=C(c5cccc6ccccc56)c5ccccc54)c4ccccc43)cc2)cc1.c1ccc2c(c1)C1=C(c3cccc4ccccc34)c3ccccc3C1=C2c1nc2ccccc2o1.c1ccc2c(c1)C1=C(c3cccc4ccccc34)c3ccccc3C1=C2c1nc2ccccc2s1. The average Bonchev–Trinajstić information content (AvgIpc) is 1.55. The molecule has 115 heavy (non-hydrogen) atoms. The monoisotopic (exact) mass is 1480 g/mol. The molecule has 0 radical (unpaired) electrons. The molecule has 534 valence electrons. The van der Waals surface area contributed by atoms with Crippen LogP contribution >= 0.6 is 11.3 Å². The minimum absolute atomic E-state index is 0.678. The molecule has 0 aliphatic heterocycles. The Bertz CT molecular complexity index is 7100. The van der Waals surface area contributed by atoms with E-state index in [-0.39, 0.29) is 0 Å². The second kappa shape index (κ2) is 27.0. The Morgan fingerprint density at radius 1 is 0.200 bits per heavy atom. The maximum absolute atomic E-state index is 6.35. The van der Waals surface area contributed by atoms with Crippen molar-refractivity contribution < 1.29 is 4.42 Å². The number of thiazole rings is 1. The molecule has 0 saturated carbocycles. The van der Waals surface area contributed by atoms with Gasteiger partial charge in [0, 0.05) is 33.8 Å². The summed E-state index contributed by atoms with van der Waals surface area (Å²) in [5.74, 6) is 0.678. The van der Waals surface area contributed by atoms with Crippen molar-refractivity contribution in [3.8, 4) is 0 Å². The van der Waals surface area contributed by atoms with Gasteiger partial charge in [0.2, 0.25) is 5.89 Å². The van der Waals surface area contributed by atoms with Gasteiger partial charge < -0.3 is 9.32 Å². The van der Waals surface area contributed by atoms with E-state index in [1.165, 1.54) is 187 Å². The summed E-state index contributed by atoms with van der Waals surface area (Å²) < 4.78 is 7.58. The summed E-state index contributed by atoms with van der Waals surface area (Å²) >= 11 is 1.79. The van der Waals surface area contributed by atoms with Gasteiger partial charge in [0.1, 0.15) is 10.5 Å². The summed E-state index contributed by atoms with van der Waals surface area (Å²) in [5, 5.41) is 8.72. The van der Waals surface area contributed by atoms with Gasteiger partial charge >= 0.3 is 0 Å². The van der Waals surface area contributed by atoms with E-state index in [0.717, 1.165) is 44.3 Å². The Morgan fingerprint density at radius 2 is 0.496 bits per heavy atom. The first-order chi connectivity index (χ1) is 57.1. The molecule has 2 aromatic heterocycles. The van der Waals surface area contributed by atoms with E-state index in [1.54, 1.807) is 11.3 Å². The van der Waals surface area contributed by atoms with Gasteiger partial charge in [-0.15, -0.1) is 11.3 Å². The first-order valence-corrected chi connectivity index (χ1v) is 40.2. The lowest BCUT2D eigenvalue weighted by molar-refractivity contribution is 0.585. The number of para-hydroxylation sites is 5. The van der Waals surface area contributed by atoms with E-state index in [4.69, 9.17) is 14.4 Å². The molecule has 19 aromatic rings. The van der Waals surface area contributed by atoms with Crippen molar-refractivity contribution >= 4 is 149 Å². The molecule has 5 heteroatoms. The molecule has 0 spiro atoms. The van der Waals surface area contributed by atoms with E-state index in [2.05, 4.69) is 387 Å². The number of benzene rings is 17. The van der Waals surface area contributed by atoms with Crippen LogP contribution in [0.5, 0.6) is 0 Å². The molecule has 0 atom stereocenters. The lowest BCUT2D eigenvalue weighted by atomic mass is 9.90. The fourth-order valence-corrected chi connectivity index (χ4v) is 20.0. The van der Waals surface area contributed by atoms with Crippen LogP contribution in [0.2, 0.25) is 0 Å². The lowest BCUT2D eigenvalue weighted by Crippen LogP contribution is -2.09. The van der Waals surface area contributed by atoms with Gasteiger partial charge in [0.25, 0.3) is 0 Å². The molecule has 0 fully saturated rings. The number of hydrogen-bond acceptors (Lipinski definition) is 5. The molecule has 17 aromatic carbocycles. The molecular formula is C110H67N3OS. The van der Waals surface area contributed by atoms with Gasteiger partial charge in [0.15, 0.2) is 5.58 Å². The number of oxazole rings is 1. The third-order valence-electron chi connectivity index (χ3n) is 23.7. The average molecular weight is 1480 g/mol. The Kier molecular flexibility index (Phi) is 15.5. The summed E-state index contributed by atoms with van der Waals surface area (Å²) in [6.07, 6.45) is 0. The molecule has 25 rings (SSSR count). The summed E-state index contributed by atoms with van der Waals surface area (Å²) in [5.41, 5.74) is 42.0. The topological polar surface area (TPSA) is 42.2 Å². The minimum Gasteiger partial charge on any atom is -0.436 e. The van der Waals surface area contributed by atoms with Crippen molar-refractivity contribution in [3.63, 3.8) is 0 Å². The fraction of sp³-hybridized carbons (Fsp3) is 0. The highest BCUT2D eigenvalue weighted by atomic mass is 32.1. The molecule has 0 bridgehead atoms. The number of rotatable bonds is 9. The summed E-state index contributed by atoms with van der Waals surface area (Å²) in [4.78, 5) is 12.4. The summed E-state index contributed by atoms with van der Waals surface area (Å²) in [6, 6.07) is 146. The Hall–Kier alpha value is -14.9. The van der Waals surface area contributed by atoms with Gasteiger partial charge in [0.05, 0.1) is 15.8 Å². The lowest BCUT2D eigenvalue weighted by Gasteiger charge is -2.25. The second-order valence-electron chi connectivity index (χ2n) is 29.9. The van der Waals surface area contributed by atoms with Crippen LogP contribution in [0.15, 0.2) is 411 Å². The van der Waals surface area contributed by atoms with Gasteiger partial charge in [-0.05, 0) is 227 Å². The van der Waals surface area contributed by atoms with Crippen LogP contribution < -0.4 is 4.90 Å². The van der Waals surface area contributed by atoms with Crippen molar-refractivity contribution in [1.29, 1.82) is 0 Å². The van der Waals surface area contributed by atoms with E-state index in [1.807, 2.05) is 24.3 Å². The zero-order valence-electron chi connectivity index (χ0n) is 62.3. The summed E-state index contributed by atoms with van der Waals surface area (Å²) in [7, 11) is 0. The van der Waals surface area contributed by atoms with E-state index >= 15 is 0 Å². The Balaban J connectivity index is 0.000000103. The quantitative estimate of drug-likeness (QED) is 0.144. The fourth-order valence-electron chi connectivity index (χ4n) is 18.9. The maximum Gasteiger partial charge on any atom is 0.228 e. The smallest absolute Gasteiger partial charge is 0.228 e. The predicted molar refractivity (Wildman–Crippen MR) is 481 cm³/mol. The predicted octanol–water partition coefficient (Wildman–Crippen LogP) is 28.5. The van der Waals surface area contributed by atoms with E-state index in [9.17, 15) is 0 Å². The number of fused-ring (bicyclic) bond motifs is 20. The van der Waals surface area contributed by atoms with Crippen molar-refractivity contribution in [1.82, 2.24) is 9.97 Å². The third kappa shape index (κ3) is 10.5. The number of nitrogens with zero attached hydrogens (tertiary/aromatic N) is 3. The van der Waals surface area contributed by atoms with Crippen LogP contribution in [-0.2, 0) is 0 Å². The molecule has 6 aliphatic rings. The largest absolute Gasteiger partial charge is 0.436 e. The highest BCUT2D eigenvalue weighted by Crippen LogP contribution is 2.63. The van der Waals surface area contributed by atoms with Crippen LogP contribution in [0.1, 0.15) is 99.9 Å². The molecule has 0 saturated heterocycles. The normalized spacial score (nSPS) is 13.7. The van der Waals surface area contributed by atoms with Gasteiger partial charge in [-0.3, -0.25) is 0 Å². The second-order valence-corrected chi connectivity index (χ2v) is 30.9. The maximum atomic E-state index is 6.35. The molecule has 0 unspecified atom stereocenters. The van der Waals surface area contributed by atoms with Gasteiger partial charge in [-0.25, -0.2) is 9.97 Å². The standard InChI is InChI=1S/C44H29N.C33H19NO.C33H19NS/c1-3-16-32(17-4-1)45(33-18-5-2-6-19-33)34-28-26-31(27-29-34)41-37-21-9-11-23-39(37)44-42(38-22-10-12-24-40(38)43(41)44)36-25-13-15-30-14-7-8-20-35(30)36;2*1-2-12-21-20(10-1)11-9-17-22(21)29-23-13-3-4-14-24(23)31-30(29)25-15-5-6-16-26(25)32(31)33-34-27-18-7-8-19-28(27)35-33/h1-29H;2*1-19H. The Labute approximate surface area is 669 Å². The molecule has 6 aliphatic carbocycles. The first kappa shape index (κ1) is 66.0. The van der Waals surface area contributed by atoms with Crippen molar-refractivity contribution in [2.45, 2.75) is 0 Å². The highest BCUT2D eigenvalue weighted by Gasteiger charge is 2.42. The van der Waals surface area contributed by atoms with Gasteiger partial charge in [-0.2, -0.15) is 0 Å². The van der Waals surface area contributed by atoms with Crippen molar-refractivity contribution in [3.05, 3.63) is 506 Å². The molecule has 2 heterocycles. The van der Waals surface area contributed by atoms with Crippen LogP contribution in [0.4, 0.5) is 17.1 Å². The van der Waals surface area contributed by atoms with Crippen molar-refractivity contribution in [2.75, 3.05) is 4.90 Å². The molecule has 0 N–H and O–H groups in total. The van der Waals surface area contributed by atoms with E-state index in [0.29, 0.717) is 5.89 Å². The Morgan fingerprint density at radius 3 is 0.922 bits per heavy atom. The highest BCUT2D eigenvalue weighted by molar-refractivity contribution is 7.19. The van der Waals surface area contributed by atoms with Crippen LogP contribution in [0.25, 0.3) is 121 Å². The molecular weight excluding hydrogens is 1410 g/mol. The minimum atomic E-state index is 0.678. The van der Waals surface area contributed by atoms with Crippen LogP contribution in [0.3, 0.4) is 0 Å².